The van der Waals surface area contributed by atoms with Crippen molar-refractivity contribution in [2.24, 2.45) is 7.05 Å². The lowest BCUT2D eigenvalue weighted by Gasteiger charge is -2.24. The monoisotopic (exact) mass is 436 g/mol. The van der Waals surface area contributed by atoms with E-state index < -0.39 is 5.41 Å². The Bertz CT molecular complexity index is 1260. The van der Waals surface area contributed by atoms with Gasteiger partial charge in [0.2, 0.25) is 5.91 Å². The number of carbonyl (C=O) groups excluding carboxylic acids is 1. The van der Waals surface area contributed by atoms with Crippen molar-refractivity contribution in [1.29, 1.82) is 0 Å². The van der Waals surface area contributed by atoms with Gasteiger partial charge in [0.1, 0.15) is 5.82 Å². The summed E-state index contributed by atoms with van der Waals surface area (Å²) in [6.07, 6.45) is 1.83. The Kier molecular flexibility index (Phi) is 5.28. The number of hydrogen-bond donors (Lipinski definition) is 0. The summed E-state index contributed by atoms with van der Waals surface area (Å²) < 4.78 is 9.22. The quantitative estimate of drug-likeness (QED) is 0.607. The SMILES string of the molecule is COCC(C)n1c(-c2cc(C)c(=O)n(C)c2)nc2cc3c(cc21)N(C(C)C)C(=O)C3(C)C. The van der Waals surface area contributed by atoms with Gasteiger partial charge in [-0.2, -0.15) is 0 Å². The molecule has 1 atom stereocenters. The first-order chi connectivity index (χ1) is 15.0. The van der Waals surface area contributed by atoms with Crippen molar-refractivity contribution in [1.82, 2.24) is 14.1 Å². The molecule has 2 aromatic heterocycles. The fraction of sp³-hybridized carbons (Fsp3) is 0.480. The molecule has 0 saturated heterocycles. The maximum atomic E-state index is 13.2. The molecule has 0 saturated carbocycles. The van der Waals surface area contributed by atoms with Gasteiger partial charge in [0, 0.05) is 37.5 Å². The Morgan fingerprint density at radius 3 is 2.41 bits per heavy atom. The molecule has 7 nitrogen and oxygen atoms in total. The fourth-order valence-electron chi connectivity index (χ4n) is 4.83. The molecule has 7 heteroatoms. The fourth-order valence-corrected chi connectivity index (χ4v) is 4.83. The third kappa shape index (κ3) is 3.18. The maximum absolute atomic E-state index is 13.2. The van der Waals surface area contributed by atoms with E-state index in [9.17, 15) is 9.59 Å². The van der Waals surface area contributed by atoms with E-state index in [1.807, 2.05) is 51.8 Å². The van der Waals surface area contributed by atoms with Crippen molar-refractivity contribution < 1.29 is 9.53 Å². The molecule has 0 bridgehead atoms. The molecule has 0 aliphatic carbocycles. The van der Waals surface area contributed by atoms with Crippen LogP contribution in [0.5, 0.6) is 0 Å². The predicted molar refractivity (Wildman–Crippen MR) is 127 cm³/mol. The van der Waals surface area contributed by atoms with Gasteiger partial charge in [-0.1, -0.05) is 0 Å². The smallest absolute Gasteiger partial charge is 0.253 e. The van der Waals surface area contributed by atoms with Gasteiger partial charge >= 0.3 is 0 Å². The van der Waals surface area contributed by atoms with Crippen molar-refractivity contribution >= 4 is 22.6 Å². The van der Waals surface area contributed by atoms with Crippen LogP contribution in [0.1, 0.15) is 51.8 Å². The summed E-state index contributed by atoms with van der Waals surface area (Å²) in [4.78, 5) is 32.3. The van der Waals surface area contributed by atoms with Gasteiger partial charge in [-0.25, -0.2) is 4.98 Å². The molecule has 0 spiro atoms. The number of rotatable bonds is 5. The van der Waals surface area contributed by atoms with Gasteiger partial charge in [-0.05, 0) is 65.3 Å². The van der Waals surface area contributed by atoms with Gasteiger partial charge < -0.3 is 18.8 Å². The highest BCUT2D eigenvalue weighted by Crippen LogP contribution is 2.45. The Morgan fingerprint density at radius 2 is 1.81 bits per heavy atom. The van der Waals surface area contributed by atoms with Crippen LogP contribution in [0.15, 0.2) is 29.2 Å². The molecule has 1 aliphatic heterocycles. The van der Waals surface area contributed by atoms with Crippen molar-refractivity contribution in [3.63, 3.8) is 0 Å². The first-order valence-electron chi connectivity index (χ1n) is 11.1. The molecule has 32 heavy (non-hydrogen) atoms. The van der Waals surface area contributed by atoms with Crippen LogP contribution in [0.2, 0.25) is 0 Å². The molecule has 170 valence electrons. The second kappa shape index (κ2) is 7.59. The van der Waals surface area contributed by atoms with Crippen LogP contribution in [0, 0.1) is 6.92 Å². The second-order valence-corrected chi connectivity index (χ2v) is 9.69. The summed E-state index contributed by atoms with van der Waals surface area (Å²) in [6, 6.07) is 6.10. The minimum absolute atomic E-state index is 0.00760. The number of aryl methyl sites for hydroxylation is 2. The summed E-state index contributed by atoms with van der Waals surface area (Å²) in [5.41, 5.74) is 4.64. The summed E-state index contributed by atoms with van der Waals surface area (Å²) in [5.74, 6) is 0.896. The Hall–Kier alpha value is -2.93. The van der Waals surface area contributed by atoms with Crippen LogP contribution in [0.4, 0.5) is 5.69 Å². The topological polar surface area (TPSA) is 69.4 Å². The number of amides is 1. The zero-order valence-corrected chi connectivity index (χ0v) is 20.2. The summed E-state index contributed by atoms with van der Waals surface area (Å²) >= 11 is 0. The highest BCUT2D eigenvalue weighted by Gasteiger charge is 2.45. The molecule has 1 amide bonds. The number of pyridine rings is 1. The standard InChI is InChI=1S/C25H32N4O3/c1-14(2)28-20-11-21-19(10-18(20)25(5,6)24(28)31)26-22(29(21)16(4)13-32-8)17-9-15(3)23(30)27(7)12-17/h9-12,14,16H,13H2,1-8H3. The molecule has 3 heterocycles. The highest BCUT2D eigenvalue weighted by molar-refractivity contribution is 6.10. The lowest BCUT2D eigenvalue weighted by atomic mass is 9.86. The van der Waals surface area contributed by atoms with Crippen LogP contribution in [-0.2, 0) is 22.0 Å². The van der Waals surface area contributed by atoms with Crippen molar-refractivity contribution in [2.75, 3.05) is 18.6 Å². The Balaban J connectivity index is 2.05. The largest absolute Gasteiger partial charge is 0.383 e. The van der Waals surface area contributed by atoms with Crippen LogP contribution in [-0.4, -0.2) is 39.8 Å². The first-order valence-corrected chi connectivity index (χ1v) is 11.1. The van der Waals surface area contributed by atoms with Gasteiger partial charge in [0.25, 0.3) is 5.56 Å². The van der Waals surface area contributed by atoms with Gasteiger partial charge in [0.15, 0.2) is 0 Å². The lowest BCUT2D eigenvalue weighted by molar-refractivity contribution is -0.122. The van der Waals surface area contributed by atoms with E-state index in [0.29, 0.717) is 12.2 Å². The number of benzene rings is 1. The molecule has 0 fully saturated rings. The number of carbonyl (C=O) groups is 1. The number of aromatic nitrogens is 3. The number of methoxy groups -OCH3 is 1. The van der Waals surface area contributed by atoms with Crippen LogP contribution in [0.3, 0.4) is 0 Å². The van der Waals surface area contributed by atoms with Crippen molar-refractivity contribution in [3.05, 3.63) is 45.9 Å². The molecule has 3 aromatic rings. The zero-order chi connectivity index (χ0) is 23.5. The van der Waals surface area contributed by atoms with Crippen molar-refractivity contribution in [3.8, 4) is 11.4 Å². The molecule has 0 N–H and O–H groups in total. The van der Waals surface area contributed by atoms with E-state index in [1.54, 1.807) is 18.7 Å². The number of ether oxygens (including phenoxy) is 1. The van der Waals surface area contributed by atoms with E-state index in [2.05, 4.69) is 23.6 Å². The minimum Gasteiger partial charge on any atom is -0.383 e. The van der Waals surface area contributed by atoms with E-state index in [0.717, 1.165) is 33.7 Å². The van der Waals surface area contributed by atoms with Crippen LogP contribution >= 0.6 is 0 Å². The van der Waals surface area contributed by atoms with Crippen LogP contribution < -0.4 is 10.5 Å². The van der Waals surface area contributed by atoms with Crippen LogP contribution in [0.25, 0.3) is 22.4 Å². The number of nitrogens with zero attached hydrogens (tertiary/aromatic N) is 4. The van der Waals surface area contributed by atoms with E-state index in [-0.39, 0.29) is 23.6 Å². The third-order valence-electron chi connectivity index (χ3n) is 6.48. The first kappa shape index (κ1) is 22.3. The van der Waals surface area contributed by atoms with E-state index >= 15 is 0 Å². The summed E-state index contributed by atoms with van der Waals surface area (Å²) in [5, 5.41) is 0. The molecule has 4 rings (SSSR count). The number of anilines is 1. The Morgan fingerprint density at radius 1 is 1.12 bits per heavy atom. The lowest BCUT2D eigenvalue weighted by Crippen LogP contribution is -2.40. The number of imidazole rings is 1. The average molecular weight is 437 g/mol. The van der Waals surface area contributed by atoms with E-state index in [1.165, 1.54) is 0 Å². The molecule has 1 unspecified atom stereocenters. The van der Waals surface area contributed by atoms with Gasteiger partial charge in [-0.3, -0.25) is 9.59 Å². The molecular formula is C25H32N4O3. The molecule has 1 aromatic carbocycles. The third-order valence-corrected chi connectivity index (χ3v) is 6.48. The van der Waals surface area contributed by atoms with Crippen molar-refractivity contribution in [2.45, 2.75) is 59.0 Å². The zero-order valence-electron chi connectivity index (χ0n) is 20.2. The predicted octanol–water partition coefficient (Wildman–Crippen LogP) is 3.95. The maximum Gasteiger partial charge on any atom is 0.253 e. The van der Waals surface area contributed by atoms with E-state index in [4.69, 9.17) is 9.72 Å². The second-order valence-electron chi connectivity index (χ2n) is 9.69. The van der Waals surface area contributed by atoms with Gasteiger partial charge in [0.05, 0.1) is 34.8 Å². The number of hydrogen-bond acceptors (Lipinski definition) is 4. The van der Waals surface area contributed by atoms with Gasteiger partial charge in [-0.15, -0.1) is 0 Å². The summed E-state index contributed by atoms with van der Waals surface area (Å²) in [6.45, 7) is 12.5. The Labute approximate surface area is 188 Å². The molecular weight excluding hydrogens is 404 g/mol. The highest BCUT2D eigenvalue weighted by atomic mass is 16.5. The number of fused-ring (bicyclic) bond motifs is 2. The molecule has 0 radical (unpaired) electrons. The minimum atomic E-state index is -0.608. The molecule has 1 aliphatic rings. The average Bonchev–Trinajstić information content (AvgIpc) is 3.17. The summed E-state index contributed by atoms with van der Waals surface area (Å²) in [7, 11) is 3.44. The normalized spacial score (nSPS) is 16.3.